The third-order valence-electron chi connectivity index (χ3n) is 4.96. The molecule has 1 aromatic heterocycles. The lowest BCUT2D eigenvalue weighted by Crippen LogP contribution is -2.41. The largest absolute Gasteiger partial charge is 0.333 e. The van der Waals surface area contributed by atoms with Crippen LogP contribution in [-0.2, 0) is 6.42 Å². The summed E-state index contributed by atoms with van der Waals surface area (Å²) in [6.07, 6.45) is 10.7. The van der Waals surface area contributed by atoms with Crippen LogP contribution < -0.4 is 0 Å². The number of aromatic amines is 1. The normalized spacial score (nSPS) is 23.7. The van der Waals surface area contributed by atoms with Gasteiger partial charge in [0.05, 0.1) is 0 Å². The number of aryl methyl sites for hydroxylation is 1. The molecule has 1 aliphatic carbocycles. The second kappa shape index (κ2) is 6.58. The van der Waals surface area contributed by atoms with Gasteiger partial charge in [-0.1, -0.05) is 26.2 Å². The first-order chi connectivity index (χ1) is 10.3. The quantitative estimate of drug-likeness (QED) is 0.927. The third-order valence-corrected chi connectivity index (χ3v) is 4.96. The van der Waals surface area contributed by atoms with Crippen LogP contribution in [0.15, 0.2) is 0 Å². The highest BCUT2D eigenvalue weighted by atomic mass is 16.2. The minimum Gasteiger partial charge on any atom is -0.333 e. The van der Waals surface area contributed by atoms with E-state index in [2.05, 4.69) is 27.0 Å². The molecular formula is C16H26N4O. The molecule has 0 bridgehead atoms. The van der Waals surface area contributed by atoms with E-state index in [0.29, 0.717) is 17.8 Å². The van der Waals surface area contributed by atoms with Crippen molar-refractivity contribution in [2.75, 3.05) is 6.54 Å². The summed E-state index contributed by atoms with van der Waals surface area (Å²) in [5.41, 5.74) is 0. The lowest BCUT2D eigenvalue weighted by Gasteiger charge is -2.33. The zero-order valence-corrected chi connectivity index (χ0v) is 13.0. The van der Waals surface area contributed by atoms with E-state index in [-0.39, 0.29) is 5.91 Å². The number of H-pyrrole nitrogens is 1. The summed E-state index contributed by atoms with van der Waals surface area (Å²) in [5.74, 6) is 1.91. The fourth-order valence-corrected chi connectivity index (χ4v) is 3.92. The van der Waals surface area contributed by atoms with Crippen LogP contribution in [-0.4, -0.2) is 38.6 Å². The van der Waals surface area contributed by atoms with Crippen molar-refractivity contribution in [3.8, 4) is 0 Å². The monoisotopic (exact) mass is 290 g/mol. The first kappa shape index (κ1) is 14.5. The number of hydrogen-bond acceptors (Lipinski definition) is 3. The van der Waals surface area contributed by atoms with Crippen LogP contribution in [0.1, 0.15) is 74.7 Å². The first-order valence-corrected chi connectivity index (χ1v) is 8.52. The van der Waals surface area contributed by atoms with E-state index < -0.39 is 0 Å². The van der Waals surface area contributed by atoms with Crippen LogP contribution in [0.2, 0.25) is 0 Å². The van der Waals surface area contributed by atoms with E-state index in [9.17, 15) is 4.79 Å². The molecule has 1 saturated carbocycles. The van der Waals surface area contributed by atoms with Gasteiger partial charge in [-0.3, -0.25) is 9.89 Å². The van der Waals surface area contributed by atoms with Crippen LogP contribution >= 0.6 is 0 Å². The molecule has 116 valence electrons. The molecule has 1 unspecified atom stereocenters. The number of hydrogen-bond donors (Lipinski definition) is 1. The molecule has 0 aromatic carbocycles. The topological polar surface area (TPSA) is 61.9 Å². The van der Waals surface area contributed by atoms with Crippen molar-refractivity contribution in [1.82, 2.24) is 20.1 Å². The number of carbonyl (C=O) groups excluding carboxylic acids is 1. The number of carbonyl (C=O) groups is 1. The Balaban J connectivity index is 1.69. The van der Waals surface area contributed by atoms with Crippen LogP contribution in [0.4, 0.5) is 0 Å². The maximum absolute atomic E-state index is 12.7. The Kier molecular flexibility index (Phi) is 4.56. The summed E-state index contributed by atoms with van der Waals surface area (Å²) in [4.78, 5) is 19.1. The van der Waals surface area contributed by atoms with E-state index in [1.165, 1.54) is 32.1 Å². The van der Waals surface area contributed by atoms with Gasteiger partial charge in [0.1, 0.15) is 5.82 Å². The minimum absolute atomic E-state index is 0.0293. The number of nitrogens with one attached hydrogen (secondary N) is 1. The van der Waals surface area contributed by atoms with Gasteiger partial charge in [-0.05, 0) is 38.0 Å². The molecule has 2 heterocycles. The second-order valence-electron chi connectivity index (χ2n) is 6.46. The zero-order valence-electron chi connectivity index (χ0n) is 13.0. The molecule has 5 heteroatoms. The number of rotatable bonds is 4. The summed E-state index contributed by atoms with van der Waals surface area (Å²) in [6.45, 7) is 2.97. The van der Waals surface area contributed by atoms with Crippen molar-refractivity contribution >= 4 is 5.91 Å². The molecule has 1 N–H and O–H groups in total. The summed E-state index contributed by atoms with van der Waals surface area (Å²) in [6, 6.07) is 0.422. The fourth-order valence-electron chi connectivity index (χ4n) is 3.92. The van der Waals surface area contributed by atoms with Gasteiger partial charge in [-0.25, -0.2) is 4.98 Å². The molecule has 2 aliphatic rings. The number of nitrogens with zero attached hydrogens (tertiary/aromatic N) is 3. The van der Waals surface area contributed by atoms with E-state index in [4.69, 9.17) is 0 Å². The molecule has 3 rings (SSSR count). The fraction of sp³-hybridized carbons (Fsp3) is 0.812. The van der Waals surface area contributed by atoms with Crippen LogP contribution in [0.3, 0.4) is 0 Å². The van der Waals surface area contributed by atoms with Gasteiger partial charge >= 0.3 is 0 Å². The van der Waals surface area contributed by atoms with Gasteiger partial charge < -0.3 is 4.90 Å². The average molecular weight is 290 g/mol. The molecule has 2 fully saturated rings. The number of likely N-dealkylation sites (tertiary alicyclic amines) is 1. The highest BCUT2D eigenvalue weighted by molar-refractivity contribution is 5.90. The molecule has 1 amide bonds. The molecule has 1 atom stereocenters. The van der Waals surface area contributed by atoms with Gasteiger partial charge in [0.25, 0.3) is 5.91 Å². The number of amides is 1. The maximum Gasteiger partial charge on any atom is 0.293 e. The Labute approximate surface area is 126 Å². The Hall–Kier alpha value is -1.39. The standard InChI is InChI=1S/C16H26N4O/c1-2-7-14-17-15(19-18-14)16(21)20-11-6-10-13(20)12-8-4-3-5-9-12/h12-13H,2-11H2,1H3,(H,17,18,19). The summed E-state index contributed by atoms with van der Waals surface area (Å²) in [5, 5.41) is 7.03. The van der Waals surface area contributed by atoms with Crippen LogP contribution in [0, 0.1) is 5.92 Å². The van der Waals surface area contributed by atoms with Gasteiger partial charge in [-0.2, -0.15) is 0 Å². The lowest BCUT2D eigenvalue weighted by atomic mass is 9.83. The summed E-state index contributed by atoms with van der Waals surface area (Å²) in [7, 11) is 0. The van der Waals surface area contributed by atoms with Crippen molar-refractivity contribution in [1.29, 1.82) is 0 Å². The smallest absolute Gasteiger partial charge is 0.293 e. The average Bonchev–Trinajstić information content (AvgIpc) is 3.17. The minimum atomic E-state index is 0.0293. The van der Waals surface area contributed by atoms with E-state index in [0.717, 1.165) is 38.1 Å². The van der Waals surface area contributed by atoms with Gasteiger partial charge in [0, 0.05) is 19.0 Å². The third kappa shape index (κ3) is 3.11. The Morgan fingerprint density at radius 1 is 1.24 bits per heavy atom. The van der Waals surface area contributed by atoms with Crippen molar-refractivity contribution in [2.45, 2.75) is 70.8 Å². The van der Waals surface area contributed by atoms with E-state index in [1.54, 1.807) is 0 Å². The Bertz CT molecular complexity index is 478. The number of aromatic nitrogens is 3. The lowest BCUT2D eigenvalue weighted by molar-refractivity contribution is 0.0649. The summed E-state index contributed by atoms with van der Waals surface area (Å²) < 4.78 is 0. The highest BCUT2D eigenvalue weighted by Gasteiger charge is 2.36. The molecule has 1 aliphatic heterocycles. The Morgan fingerprint density at radius 3 is 2.81 bits per heavy atom. The molecule has 1 saturated heterocycles. The molecule has 5 nitrogen and oxygen atoms in total. The van der Waals surface area contributed by atoms with E-state index in [1.807, 2.05) is 0 Å². The van der Waals surface area contributed by atoms with Gasteiger partial charge in [0.2, 0.25) is 5.82 Å². The SMILES string of the molecule is CCCc1nc(C(=O)N2CCCC2C2CCCCC2)n[nH]1. The van der Waals surface area contributed by atoms with Gasteiger partial charge in [-0.15, -0.1) is 5.10 Å². The van der Waals surface area contributed by atoms with Crippen LogP contribution in [0.25, 0.3) is 0 Å². The first-order valence-electron chi connectivity index (χ1n) is 8.52. The zero-order chi connectivity index (χ0) is 14.7. The van der Waals surface area contributed by atoms with E-state index >= 15 is 0 Å². The predicted molar refractivity (Wildman–Crippen MR) is 81.0 cm³/mol. The highest BCUT2D eigenvalue weighted by Crippen LogP contribution is 2.34. The van der Waals surface area contributed by atoms with Gasteiger partial charge in [0.15, 0.2) is 0 Å². The Morgan fingerprint density at radius 2 is 2.05 bits per heavy atom. The van der Waals surface area contributed by atoms with Crippen molar-refractivity contribution in [3.63, 3.8) is 0 Å². The predicted octanol–water partition coefficient (Wildman–Crippen LogP) is 2.94. The summed E-state index contributed by atoms with van der Waals surface area (Å²) >= 11 is 0. The van der Waals surface area contributed by atoms with Crippen molar-refractivity contribution < 1.29 is 4.79 Å². The molecule has 1 aromatic rings. The molecule has 21 heavy (non-hydrogen) atoms. The molecule has 0 spiro atoms. The van der Waals surface area contributed by atoms with Crippen molar-refractivity contribution in [3.05, 3.63) is 11.6 Å². The molecule has 0 radical (unpaired) electrons. The van der Waals surface area contributed by atoms with Crippen LogP contribution in [0.5, 0.6) is 0 Å². The second-order valence-corrected chi connectivity index (χ2v) is 6.46. The maximum atomic E-state index is 12.7. The van der Waals surface area contributed by atoms with Crippen molar-refractivity contribution in [2.24, 2.45) is 5.92 Å². The molecular weight excluding hydrogens is 264 g/mol.